The van der Waals surface area contributed by atoms with Crippen molar-refractivity contribution in [1.29, 1.82) is 0 Å². The van der Waals surface area contributed by atoms with Gasteiger partial charge in [0.05, 0.1) is 30.1 Å². The second-order valence-corrected chi connectivity index (χ2v) is 10.6. The lowest BCUT2D eigenvalue weighted by molar-refractivity contribution is -0.118. The van der Waals surface area contributed by atoms with Gasteiger partial charge in [-0.15, -0.1) is 11.3 Å². The third-order valence-corrected chi connectivity index (χ3v) is 7.98. The Labute approximate surface area is 181 Å². The van der Waals surface area contributed by atoms with Gasteiger partial charge >= 0.3 is 0 Å². The van der Waals surface area contributed by atoms with E-state index in [0.29, 0.717) is 6.42 Å². The molecule has 1 aromatic heterocycles. The van der Waals surface area contributed by atoms with Gasteiger partial charge in [-0.2, -0.15) is 0 Å². The summed E-state index contributed by atoms with van der Waals surface area (Å²) in [6, 6.07) is 23.0. The van der Waals surface area contributed by atoms with Crippen LogP contribution >= 0.6 is 11.3 Å². The van der Waals surface area contributed by atoms with Gasteiger partial charge < -0.3 is 4.90 Å². The number of nitrogens with zero attached hydrogens (tertiary/aromatic N) is 1. The number of sulfone groups is 1. The largest absolute Gasteiger partial charge is 0.307 e. The van der Waals surface area contributed by atoms with Crippen LogP contribution in [0.4, 0.5) is 5.69 Å². The first kappa shape index (κ1) is 20.8. The molecule has 0 spiro atoms. The van der Waals surface area contributed by atoms with Crippen LogP contribution in [-0.4, -0.2) is 38.4 Å². The standard InChI is InChI=1S/C23H24N2O3S2/c26-22(16-24-23(21-12-7-14-29-21)18-8-3-1-4-9-18)25(19-10-5-2-6-11-19)20-13-15-30(27,28)17-20/h1-12,14,20,23-24H,13,15-17H2. The van der Waals surface area contributed by atoms with Crippen molar-refractivity contribution in [1.82, 2.24) is 5.32 Å². The van der Waals surface area contributed by atoms with Gasteiger partial charge in [0.2, 0.25) is 5.91 Å². The summed E-state index contributed by atoms with van der Waals surface area (Å²) in [5.41, 5.74) is 1.82. The van der Waals surface area contributed by atoms with E-state index in [4.69, 9.17) is 0 Å². The van der Waals surface area contributed by atoms with E-state index in [1.807, 2.05) is 72.1 Å². The molecule has 30 heavy (non-hydrogen) atoms. The number of para-hydroxylation sites is 1. The third-order valence-electron chi connectivity index (χ3n) is 5.29. The fourth-order valence-electron chi connectivity index (χ4n) is 3.88. The van der Waals surface area contributed by atoms with Crippen molar-refractivity contribution < 1.29 is 13.2 Å². The van der Waals surface area contributed by atoms with E-state index in [1.165, 1.54) is 0 Å². The van der Waals surface area contributed by atoms with Crippen molar-refractivity contribution in [2.75, 3.05) is 23.0 Å². The van der Waals surface area contributed by atoms with Gasteiger partial charge in [0.25, 0.3) is 0 Å². The van der Waals surface area contributed by atoms with Gasteiger partial charge in [-0.3, -0.25) is 10.1 Å². The Hall–Kier alpha value is -2.48. The molecule has 0 aliphatic carbocycles. The normalized spacial score (nSPS) is 18.7. The first-order chi connectivity index (χ1) is 14.5. The molecule has 5 nitrogen and oxygen atoms in total. The molecule has 1 saturated heterocycles. The maximum atomic E-state index is 13.3. The highest BCUT2D eigenvalue weighted by Gasteiger charge is 2.35. The minimum Gasteiger partial charge on any atom is -0.307 e. The molecule has 3 aromatic rings. The second kappa shape index (κ2) is 9.12. The Balaban J connectivity index is 1.56. The van der Waals surface area contributed by atoms with Crippen LogP contribution < -0.4 is 10.2 Å². The Morgan fingerprint density at radius 3 is 2.33 bits per heavy atom. The molecular formula is C23H24N2O3S2. The molecule has 1 aliphatic heterocycles. The van der Waals surface area contributed by atoms with E-state index >= 15 is 0 Å². The van der Waals surface area contributed by atoms with Crippen LogP contribution in [0.2, 0.25) is 0 Å². The summed E-state index contributed by atoms with van der Waals surface area (Å²) in [5, 5.41) is 5.42. The highest BCUT2D eigenvalue weighted by atomic mass is 32.2. The summed E-state index contributed by atoms with van der Waals surface area (Å²) >= 11 is 1.64. The number of nitrogens with one attached hydrogen (secondary N) is 1. The number of anilines is 1. The molecule has 2 heterocycles. The van der Waals surface area contributed by atoms with Crippen LogP contribution in [0.1, 0.15) is 22.9 Å². The average Bonchev–Trinajstić information content (AvgIpc) is 3.40. The quantitative estimate of drug-likeness (QED) is 0.609. The molecule has 4 rings (SSSR count). The number of carbonyl (C=O) groups excluding carboxylic acids is 1. The third kappa shape index (κ3) is 4.80. The first-order valence-electron chi connectivity index (χ1n) is 9.93. The Bertz CT molecular complexity index is 1070. The van der Waals surface area contributed by atoms with Crippen molar-refractivity contribution in [3.05, 3.63) is 88.6 Å². The number of rotatable bonds is 7. The lowest BCUT2D eigenvalue weighted by Crippen LogP contribution is -2.46. The number of amides is 1. The second-order valence-electron chi connectivity index (χ2n) is 7.40. The average molecular weight is 441 g/mol. The summed E-state index contributed by atoms with van der Waals surface area (Å²) < 4.78 is 24.1. The van der Waals surface area contributed by atoms with Crippen LogP contribution in [0.25, 0.3) is 0 Å². The highest BCUT2D eigenvalue weighted by Crippen LogP contribution is 2.27. The van der Waals surface area contributed by atoms with Crippen LogP contribution in [0.5, 0.6) is 0 Å². The van der Waals surface area contributed by atoms with E-state index in [9.17, 15) is 13.2 Å². The van der Waals surface area contributed by atoms with Gasteiger partial charge in [-0.25, -0.2) is 8.42 Å². The molecule has 0 radical (unpaired) electrons. The summed E-state index contributed by atoms with van der Waals surface area (Å²) in [7, 11) is -3.10. The van der Waals surface area contributed by atoms with Gasteiger partial charge in [0.15, 0.2) is 9.84 Å². The molecule has 1 amide bonds. The molecular weight excluding hydrogens is 416 g/mol. The van der Waals surface area contributed by atoms with E-state index in [1.54, 1.807) is 16.2 Å². The number of thiophene rings is 1. The number of hydrogen-bond donors (Lipinski definition) is 1. The van der Waals surface area contributed by atoms with Crippen LogP contribution in [-0.2, 0) is 14.6 Å². The Kier molecular flexibility index (Phi) is 6.32. The number of benzene rings is 2. The highest BCUT2D eigenvalue weighted by molar-refractivity contribution is 7.91. The molecule has 7 heteroatoms. The SMILES string of the molecule is O=C(CNC(c1ccccc1)c1cccs1)N(c1ccccc1)C1CCS(=O)(=O)C1. The van der Waals surface area contributed by atoms with E-state index in [0.717, 1.165) is 16.1 Å². The first-order valence-corrected chi connectivity index (χ1v) is 12.6. The van der Waals surface area contributed by atoms with Crippen molar-refractivity contribution >= 4 is 32.8 Å². The molecule has 1 fully saturated rings. The minimum absolute atomic E-state index is 0.0146. The molecule has 1 aliphatic rings. The fourth-order valence-corrected chi connectivity index (χ4v) is 6.41. The summed E-state index contributed by atoms with van der Waals surface area (Å²) in [5.74, 6) is 0.0188. The molecule has 2 unspecified atom stereocenters. The molecule has 0 saturated carbocycles. The predicted octanol–water partition coefficient (Wildman–Crippen LogP) is 3.65. The van der Waals surface area contributed by atoms with Gasteiger partial charge in [0, 0.05) is 10.6 Å². The molecule has 0 bridgehead atoms. The van der Waals surface area contributed by atoms with Gasteiger partial charge in [0.1, 0.15) is 0 Å². The molecule has 2 aromatic carbocycles. The molecule has 156 valence electrons. The van der Waals surface area contributed by atoms with Crippen molar-refractivity contribution in [3.8, 4) is 0 Å². The molecule has 1 N–H and O–H groups in total. The number of carbonyl (C=O) groups is 1. The zero-order valence-electron chi connectivity index (χ0n) is 16.5. The topological polar surface area (TPSA) is 66.5 Å². The fraction of sp³-hybridized carbons (Fsp3) is 0.261. The smallest absolute Gasteiger partial charge is 0.241 e. The zero-order chi connectivity index (χ0) is 21.0. The maximum Gasteiger partial charge on any atom is 0.241 e. The monoisotopic (exact) mass is 440 g/mol. The minimum atomic E-state index is -3.10. The lowest BCUT2D eigenvalue weighted by atomic mass is 10.1. The van der Waals surface area contributed by atoms with Crippen molar-refractivity contribution in [2.24, 2.45) is 0 Å². The van der Waals surface area contributed by atoms with Crippen LogP contribution in [0.15, 0.2) is 78.2 Å². The van der Waals surface area contributed by atoms with Crippen LogP contribution in [0, 0.1) is 0 Å². The summed E-state index contributed by atoms with van der Waals surface area (Å²) in [6.45, 7) is 0.114. The van der Waals surface area contributed by atoms with E-state index < -0.39 is 9.84 Å². The summed E-state index contributed by atoms with van der Waals surface area (Å²) in [6.07, 6.45) is 0.468. The maximum absolute atomic E-state index is 13.3. The lowest BCUT2D eigenvalue weighted by Gasteiger charge is -2.29. The van der Waals surface area contributed by atoms with Crippen LogP contribution in [0.3, 0.4) is 0 Å². The van der Waals surface area contributed by atoms with Crippen molar-refractivity contribution in [3.63, 3.8) is 0 Å². The Morgan fingerprint density at radius 2 is 1.73 bits per heavy atom. The zero-order valence-corrected chi connectivity index (χ0v) is 18.1. The molecule has 2 atom stereocenters. The van der Waals surface area contributed by atoms with E-state index in [-0.39, 0.29) is 36.0 Å². The summed E-state index contributed by atoms with van der Waals surface area (Å²) in [4.78, 5) is 16.1. The van der Waals surface area contributed by atoms with E-state index in [2.05, 4.69) is 11.4 Å². The van der Waals surface area contributed by atoms with Crippen molar-refractivity contribution in [2.45, 2.75) is 18.5 Å². The van der Waals surface area contributed by atoms with Gasteiger partial charge in [-0.1, -0.05) is 54.6 Å². The van der Waals surface area contributed by atoms with Gasteiger partial charge in [-0.05, 0) is 35.6 Å². The number of hydrogen-bond acceptors (Lipinski definition) is 5. The predicted molar refractivity (Wildman–Crippen MR) is 122 cm³/mol. The Morgan fingerprint density at radius 1 is 1.03 bits per heavy atom.